The van der Waals surface area contributed by atoms with Crippen molar-refractivity contribution in [3.8, 4) is 0 Å². The van der Waals surface area contributed by atoms with Crippen LogP contribution in [0.3, 0.4) is 0 Å². The van der Waals surface area contributed by atoms with Gasteiger partial charge in [-0.2, -0.15) is 0 Å². The molecule has 114 valence electrons. The monoisotopic (exact) mass is 284 g/mol. The quantitative estimate of drug-likeness (QED) is 0.722. The van der Waals surface area contributed by atoms with Gasteiger partial charge in [0.1, 0.15) is 0 Å². The highest BCUT2D eigenvalue weighted by Crippen LogP contribution is 2.25. The number of carboxylic acid groups (broad SMARTS) is 1. The zero-order valence-electron chi connectivity index (χ0n) is 11.8. The molecule has 0 bridgehead atoms. The van der Waals surface area contributed by atoms with Crippen LogP contribution in [0.15, 0.2) is 0 Å². The van der Waals surface area contributed by atoms with E-state index in [1.165, 1.54) is 0 Å². The number of aliphatic hydroxyl groups excluding tert-OH is 1. The summed E-state index contributed by atoms with van der Waals surface area (Å²) in [5.41, 5.74) is 0. The van der Waals surface area contributed by atoms with Gasteiger partial charge in [-0.25, -0.2) is 4.79 Å². The maximum atomic E-state index is 12.2. The van der Waals surface area contributed by atoms with E-state index in [1.807, 2.05) is 0 Å². The number of carboxylic acids is 1. The standard InChI is InChI=1S/C14H24N2O4/c17-9-10-2-1-7-16(8-10)14(20)15-12-5-3-11(4-6-12)13(18)19/h10-12,17H,1-9H2,(H,15,20)(H,18,19). The minimum atomic E-state index is -0.725. The number of carbonyl (C=O) groups is 2. The molecule has 1 atom stereocenters. The van der Waals surface area contributed by atoms with Gasteiger partial charge in [0.15, 0.2) is 0 Å². The number of aliphatic carboxylic acids is 1. The van der Waals surface area contributed by atoms with Crippen molar-refractivity contribution in [3.63, 3.8) is 0 Å². The van der Waals surface area contributed by atoms with Crippen molar-refractivity contribution in [2.24, 2.45) is 11.8 Å². The average molecular weight is 284 g/mol. The summed E-state index contributed by atoms with van der Waals surface area (Å²) in [6.45, 7) is 1.49. The average Bonchev–Trinajstić information content (AvgIpc) is 2.47. The van der Waals surface area contributed by atoms with Crippen molar-refractivity contribution in [3.05, 3.63) is 0 Å². The van der Waals surface area contributed by atoms with Gasteiger partial charge in [-0.05, 0) is 44.4 Å². The third kappa shape index (κ3) is 3.85. The number of hydrogen-bond donors (Lipinski definition) is 3. The van der Waals surface area contributed by atoms with Crippen molar-refractivity contribution < 1.29 is 19.8 Å². The third-order valence-electron chi connectivity index (χ3n) is 4.47. The first-order valence-electron chi connectivity index (χ1n) is 7.49. The molecule has 3 N–H and O–H groups in total. The van der Waals surface area contributed by atoms with E-state index >= 15 is 0 Å². The number of nitrogens with one attached hydrogen (secondary N) is 1. The van der Waals surface area contributed by atoms with Crippen LogP contribution in [0.2, 0.25) is 0 Å². The summed E-state index contributed by atoms with van der Waals surface area (Å²) in [4.78, 5) is 24.8. The zero-order chi connectivity index (χ0) is 14.5. The molecule has 0 aromatic heterocycles. The first-order chi connectivity index (χ1) is 9.60. The number of hydrogen-bond acceptors (Lipinski definition) is 3. The smallest absolute Gasteiger partial charge is 0.317 e. The van der Waals surface area contributed by atoms with Crippen LogP contribution in [0.25, 0.3) is 0 Å². The molecule has 1 saturated heterocycles. The van der Waals surface area contributed by atoms with Crippen LogP contribution >= 0.6 is 0 Å². The summed E-state index contributed by atoms with van der Waals surface area (Å²) in [7, 11) is 0. The summed E-state index contributed by atoms with van der Waals surface area (Å²) in [6.07, 6.45) is 4.66. The molecule has 0 aromatic rings. The van der Waals surface area contributed by atoms with Crippen molar-refractivity contribution in [2.45, 2.75) is 44.6 Å². The SMILES string of the molecule is O=C(O)C1CCC(NC(=O)N2CCCC(CO)C2)CC1. The molecule has 2 fully saturated rings. The number of aliphatic hydroxyl groups is 1. The van der Waals surface area contributed by atoms with Crippen LogP contribution in [0.5, 0.6) is 0 Å². The van der Waals surface area contributed by atoms with Gasteiger partial charge >= 0.3 is 12.0 Å². The Morgan fingerprint density at radius 3 is 2.45 bits per heavy atom. The van der Waals surface area contributed by atoms with Gasteiger partial charge < -0.3 is 20.4 Å². The van der Waals surface area contributed by atoms with E-state index in [9.17, 15) is 14.7 Å². The number of urea groups is 1. The lowest BCUT2D eigenvalue weighted by Crippen LogP contribution is -2.50. The molecule has 1 saturated carbocycles. The van der Waals surface area contributed by atoms with E-state index in [0.29, 0.717) is 19.4 Å². The molecule has 2 rings (SSSR count). The number of carbonyl (C=O) groups excluding carboxylic acids is 1. The molecular weight excluding hydrogens is 260 g/mol. The van der Waals surface area contributed by atoms with E-state index < -0.39 is 5.97 Å². The van der Waals surface area contributed by atoms with Crippen LogP contribution in [0.4, 0.5) is 4.79 Å². The van der Waals surface area contributed by atoms with Gasteiger partial charge in [-0.15, -0.1) is 0 Å². The summed E-state index contributed by atoms with van der Waals surface area (Å²) in [5.74, 6) is -0.786. The van der Waals surface area contributed by atoms with Crippen molar-refractivity contribution >= 4 is 12.0 Å². The summed E-state index contributed by atoms with van der Waals surface area (Å²) >= 11 is 0. The first kappa shape index (κ1) is 15.1. The predicted molar refractivity (Wildman–Crippen MR) is 73.3 cm³/mol. The molecule has 2 aliphatic rings. The molecule has 1 heterocycles. The van der Waals surface area contributed by atoms with E-state index in [1.54, 1.807) is 4.90 Å². The Kier molecular flexibility index (Phi) is 5.23. The Hall–Kier alpha value is -1.30. The Morgan fingerprint density at radius 1 is 1.15 bits per heavy atom. The fourth-order valence-electron chi connectivity index (χ4n) is 3.15. The third-order valence-corrected chi connectivity index (χ3v) is 4.47. The number of piperidine rings is 1. The van der Waals surface area contributed by atoms with Crippen LogP contribution in [-0.2, 0) is 4.79 Å². The lowest BCUT2D eigenvalue weighted by molar-refractivity contribution is -0.142. The normalized spacial score (nSPS) is 30.9. The largest absolute Gasteiger partial charge is 0.481 e. The molecule has 2 amide bonds. The predicted octanol–water partition coefficient (Wildman–Crippen LogP) is 1.04. The van der Waals surface area contributed by atoms with Gasteiger partial charge in [0.05, 0.1) is 5.92 Å². The molecule has 1 aliphatic heterocycles. The maximum absolute atomic E-state index is 12.2. The number of likely N-dealkylation sites (tertiary alicyclic amines) is 1. The number of amides is 2. The molecule has 20 heavy (non-hydrogen) atoms. The lowest BCUT2D eigenvalue weighted by Gasteiger charge is -2.34. The molecule has 1 unspecified atom stereocenters. The Morgan fingerprint density at radius 2 is 1.85 bits per heavy atom. The van der Waals surface area contributed by atoms with E-state index in [-0.39, 0.29) is 30.5 Å². The number of rotatable bonds is 3. The first-order valence-corrected chi connectivity index (χ1v) is 7.49. The topological polar surface area (TPSA) is 89.9 Å². The second-order valence-corrected chi connectivity index (χ2v) is 5.97. The maximum Gasteiger partial charge on any atom is 0.317 e. The molecule has 0 radical (unpaired) electrons. The van der Waals surface area contributed by atoms with Crippen LogP contribution in [0.1, 0.15) is 38.5 Å². The molecule has 6 heteroatoms. The van der Waals surface area contributed by atoms with Gasteiger partial charge in [-0.3, -0.25) is 4.79 Å². The summed E-state index contributed by atoms with van der Waals surface area (Å²) < 4.78 is 0. The highest BCUT2D eigenvalue weighted by atomic mass is 16.4. The fraction of sp³-hybridized carbons (Fsp3) is 0.857. The zero-order valence-corrected chi connectivity index (χ0v) is 11.8. The van der Waals surface area contributed by atoms with Crippen molar-refractivity contribution in [1.29, 1.82) is 0 Å². The number of nitrogens with zero attached hydrogens (tertiary/aromatic N) is 1. The second kappa shape index (κ2) is 6.92. The summed E-state index contributed by atoms with van der Waals surface area (Å²) in [5, 5.41) is 21.1. The van der Waals surface area contributed by atoms with E-state index in [2.05, 4.69) is 5.32 Å². The van der Waals surface area contributed by atoms with E-state index in [4.69, 9.17) is 5.11 Å². The van der Waals surface area contributed by atoms with Crippen LogP contribution in [0, 0.1) is 11.8 Å². The highest BCUT2D eigenvalue weighted by molar-refractivity contribution is 5.75. The molecule has 0 aromatic carbocycles. The minimum Gasteiger partial charge on any atom is -0.481 e. The van der Waals surface area contributed by atoms with Gasteiger partial charge in [-0.1, -0.05) is 0 Å². The van der Waals surface area contributed by atoms with Crippen LogP contribution in [-0.4, -0.2) is 52.9 Å². The highest BCUT2D eigenvalue weighted by Gasteiger charge is 2.29. The molecular formula is C14H24N2O4. The fourth-order valence-corrected chi connectivity index (χ4v) is 3.15. The summed E-state index contributed by atoms with van der Waals surface area (Å²) in [6, 6.07) is 0.0227. The van der Waals surface area contributed by atoms with Gasteiger partial charge in [0.2, 0.25) is 0 Å². The second-order valence-electron chi connectivity index (χ2n) is 5.97. The van der Waals surface area contributed by atoms with Crippen LogP contribution < -0.4 is 5.32 Å². The van der Waals surface area contributed by atoms with Crippen molar-refractivity contribution in [2.75, 3.05) is 19.7 Å². The molecule has 6 nitrogen and oxygen atoms in total. The van der Waals surface area contributed by atoms with Gasteiger partial charge in [0.25, 0.3) is 0 Å². The Balaban J connectivity index is 1.76. The Labute approximate surface area is 119 Å². The molecule has 0 spiro atoms. The molecule has 1 aliphatic carbocycles. The van der Waals surface area contributed by atoms with Crippen molar-refractivity contribution in [1.82, 2.24) is 10.2 Å². The minimum absolute atomic E-state index is 0.0677. The lowest BCUT2D eigenvalue weighted by atomic mass is 9.86. The van der Waals surface area contributed by atoms with E-state index in [0.717, 1.165) is 32.2 Å². The Bertz CT molecular complexity index is 353. The van der Waals surface area contributed by atoms with Gasteiger partial charge in [0, 0.05) is 25.7 Å².